The third-order valence-corrected chi connectivity index (χ3v) is 12.9. The predicted molar refractivity (Wildman–Crippen MR) is 234 cm³/mol. The number of carbonyl (C=O) groups excluding carboxylic acids is 2. The average molecular weight is 908 g/mol. The Bertz CT molecular complexity index is 1890. The molecule has 0 radical (unpaired) electrons. The molecule has 0 amide bonds. The van der Waals surface area contributed by atoms with Crippen molar-refractivity contribution < 1.29 is 66.5 Å². The second-order valence-corrected chi connectivity index (χ2v) is 18.1. The Morgan fingerprint density at radius 2 is 1.61 bits per heavy atom. The normalized spacial score (nSPS) is 35.5. The fourth-order valence-electron chi connectivity index (χ4n) is 9.01. The highest BCUT2D eigenvalue weighted by Gasteiger charge is 2.52. The Morgan fingerprint density at radius 1 is 0.984 bits per heavy atom. The summed E-state index contributed by atoms with van der Waals surface area (Å²) in [4.78, 5) is 30.1. The summed E-state index contributed by atoms with van der Waals surface area (Å²) in [5.74, 6) is -4.69. The van der Waals surface area contributed by atoms with Crippen molar-refractivity contribution in [2.75, 3.05) is 28.3 Å². The minimum Gasteiger partial charge on any atom is -0.497 e. The number of carbonyl (C=O) groups is 2. The van der Waals surface area contributed by atoms with Crippen LogP contribution in [0, 0.1) is 23.7 Å². The molecule has 0 aliphatic carbocycles. The van der Waals surface area contributed by atoms with E-state index in [4.69, 9.17) is 28.4 Å². The molecule has 4 rings (SSSR count). The number of methoxy groups -OCH3 is 2. The number of esters is 2. The van der Waals surface area contributed by atoms with Gasteiger partial charge in [0.2, 0.25) is 0 Å². The largest absolute Gasteiger partial charge is 0.497 e. The summed E-state index contributed by atoms with van der Waals surface area (Å²) in [6.45, 7) is 13.4. The van der Waals surface area contributed by atoms with Crippen LogP contribution in [0.3, 0.4) is 0 Å². The first kappa shape index (κ1) is 52.7. The molecule has 2 heterocycles. The summed E-state index contributed by atoms with van der Waals surface area (Å²) in [6.07, 6.45) is -10.8. The van der Waals surface area contributed by atoms with Crippen LogP contribution in [0.2, 0.25) is 0 Å². The van der Waals surface area contributed by atoms with Gasteiger partial charge in [-0.1, -0.05) is 39.8 Å². The van der Waals surface area contributed by atoms with Gasteiger partial charge in [0.25, 0.3) is 0 Å². The summed E-state index contributed by atoms with van der Waals surface area (Å²) < 4.78 is 76.9. The van der Waals surface area contributed by atoms with Gasteiger partial charge in [0.05, 0.1) is 55.1 Å². The molecule has 17 heteroatoms. The molecule has 2 fully saturated rings. The van der Waals surface area contributed by atoms with Crippen molar-refractivity contribution in [1.82, 2.24) is 4.90 Å². The molecule has 64 heavy (non-hydrogen) atoms. The number of benzene rings is 2. The first-order chi connectivity index (χ1) is 29.9. The average Bonchev–Trinajstić information content (AvgIpc) is 3.24. The second kappa shape index (κ2) is 22.0. The van der Waals surface area contributed by atoms with E-state index in [-0.39, 0.29) is 30.6 Å². The molecule has 3 N–H and O–H groups in total. The van der Waals surface area contributed by atoms with E-state index in [1.807, 2.05) is 32.8 Å². The third kappa shape index (κ3) is 12.7. The van der Waals surface area contributed by atoms with Crippen LogP contribution in [0.25, 0.3) is 0 Å². The molecule has 14 nitrogen and oxygen atoms in total. The number of cyclic esters (lactones) is 1. The van der Waals surface area contributed by atoms with Gasteiger partial charge in [-0.25, -0.2) is 0 Å². The SMILES string of the molecule is CCC1OC(=O)C(C)C(OC(=O)Cc2ccc(C(F)(F)F)cc2)C(C)C(OC2OC(C)CC(N(C)C)C2O)C(C)(OC)CC(C)C(=NN=Cc2ccc(OC)cc2)C(C)C(O)C1(C)O. The lowest BCUT2D eigenvalue weighted by molar-refractivity contribution is -0.301. The van der Waals surface area contributed by atoms with Gasteiger partial charge in [-0.2, -0.15) is 23.4 Å². The minimum atomic E-state index is -4.58. The van der Waals surface area contributed by atoms with E-state index in [0.29, 0.717) is 23.4 Å². The number of hydrogen-bond acceptors (Lipinski definition) is 14. The number of nitrogens with zero attached hydrogens (tertiary/aromatic N) is 3. The van der Waals surface area contributed by atoms with Crippen LogP contribution in [0.5, 0.6) is 5.75 Å². The first-order valence-electron chi connectivity index (χ1n) is 21.8. The standard InChI is InChI=1S/C47H68F3N3O11/c1-13-36-46(8,58)41(56)28(4)38(52-51-25-32-16-20-34(59-11)21-17-32)26(2)24-45(7,60-12)42(64-44-39(55)35(53(9)10)22-27(3)61-44)29(5)40(30(6)43(57)62-36)63-37(54)23-31-14-18-33(19-15-31)47(48,49)50/h14-21,25-30,35-36,39-42,44,55-56,58H,13,22-24H2,1-12H3. The summed E-state index contributed by atoms with van der Waals surface area (Å²) in [7, 11) is 6.70. The molecular formula is C47H68F3N3O11. The first-order valence-corrected chi connectivity index (χ1v) is 21.8. The number of halogens is 3. The van der Waals surface area contributed by atoms with Crippen LogP contribution in [0.1, 0.15) is 91.3 Å². The van der Waals surface area contributed by atoms with E-state index < -0.39 is 102 Å². The van der Waals surface area contributed by atoms with Gasteiger partial charge < -0.3 is 48.6 Å². The van der Waals surface area contributed by atoms with Gasteiger partial charge in [0, 0.05) is 30.7 Å². The number of hydrogen-bond donors (Lipinski definition) is 3. The highest BCUT2D eigenvalue weighted by molar-refractivity contribution is 5.90. The van der Waals surface area contributed by atoms with Gasteiger partial charge in [0.1, 0.15) is 29.7 Å². The van der Waals surface area contributed by atoms with Crippen molar-refractivity contribution in [1.29, 1.82) is 0 Å². The van der Waals surface area contributed by atoms with Crippen LogP contribution < -0.4 is 4.74 Å². The fraction of sp³-hybridized carbons (Fsp3) is 0.660. The zero-order chi connectivity index (χ0) is 47.9. The Balaban J connectivity index is 1.89. The summed E-state index contributed by atoms with van der Waals surface area (Å²) in [5.41, 5.74) is -2.96. The van der Waals surface area contributed by atoms with Crippen LogP contribution in [-0.2, 0) is 45.9 Å². The Kier molecular flexibility index (Phi) is 18.1. The number of ether oxygens (including phenoxy) is 6. The van der Waals surface area contributed by atoms with Crippen molar-refractivity contribution in [2.24, 2.45) is 33.9 Å². The van der Waals surface area contributed by atoms with Crippen LogP contribution in [-0.4, -0.2) is 133 Å². The molecule has 0 spiro atoms. The minimum absolute atomic E-state index is 0.0798. The highest BCUT2D eigenvalue weighted by Crippen LogP contribution is 2.40. The summed E-state index contributed by atoms with van der Waals surface area (Å²) >= 11 is 0. The van der Waals surface area contributed by atoms with Crippen LogP contribution in [0.15, 0.2) is 58.7 Å². The van der Waals surface area contributed by atoms with E-state index in [9.17, 15) is 38.1 Å². The third-order valence-electron chi connectivity index (χ3n) is 12.9. The van der Waals surface area contributed by atoms with E-state index in [1.165, 1.54) is 39.3 Å². The van der Waals surface area contributed by atoms with E-state index in [1.54, 1.807) is 59.1 Å². The second-order valence-electron chi connectivity index (χ2n) is 18.1. The van der Waals surface area contributed by atoms with E-state index in [0.717, 1.165) is 12.1 Å². The molecule has 2 aliphatic rings. The van der Waals surface area contributed by atoms with Gasteiger partial charge in [-0.3, -0.25) is 9.59 Å². The fourth-order valence-corrected chi connectivity index (χ4v) is 9.01. The maximum atomic E-state index is 14.3. The molecule has 358 valence electrons. The summed E-state index contributed by atoms with van der Waals surface area (Å²) in [5, 5.41) is 44.8. The smallest absolute Gasteiger partial charge is 0.416 e. The van der Waals surface area contributed by atoms with Gasteiger partial charge >= 0.3 is 18.1 Å². The highest BCUT2D eigenvalue weighted by atomic mass is 19.4. The van der Waals surface area contributed by atoms with Crippen molar-refractivity contribution >= 4 is 23.9 Å². The molecular weight excluding hydrogens is 840 g/mol. The monoisotopic (exact) mass is 907 g/mol. The lowest BCUT2D eigenvalue weighted by atomic mass is 9.73. The maximum Gasteiger partial charge on any atom is 0.416 e. The molecule has 2 aliphatic heterocycles. The van der Waals surface area contributed by atoms with Crippen molar-refractivity contribution in [3.05, 3.63) is 65.2 Å². The number of alkyl halides is 3. The lowest BCUT2D eigenvalue weighted by Gasteiger charge is -2.48. The number of aliphatic hydroxyl groups excluding tert-OH is 2. The Morgan fingerprint density at radius 3 is 2.16 bits per heavy atom. The quantitative estimate of drug-likeness (QED) is 0.132. The molecule has 14 unspecified atom stereocenters. The van der Waals surface area contributed by atoms with Crippen molar-refractivity contribution in [2.45, 2.75) is 147 Å². The van der Waals surface area contributed by atoms with Gasteiger partial charge in [-0.15, -0.1) is 0 Å². The molecule has 14 atom stereocenters. The van der Waals surface area contributed by atoms with E-state index >= 15 is 0 Å². The van der Waals surface area contributed by atoms with E-state index in [2.05, 4.69) is 10.2 Å². The zero-order valence-electron chi connectivity index (χ0n) is 39.0. The van der Waals surface area contributed by atoms with Crippen LogP contribution >= 0.6 is 0 Å². The van der Waals surface area contributed by atoms with Crippen molar-refractivity contribution in [3.63, 3.8) is 0 Å². The molecule has 2 aromatic carbocycles. The molecule has 2 saturated heterocycles. The topological polar surface area (TPSA) is 178 Å². The number of rotatable bonds is 11. The molecule has 0 bridgehead atoms. The number of likely N-dealkylation sites (N-methyl/N-ethyl adjacent to an activating group) is 1. The molecule has 2 aromatic rings. The maximum absolute atomic E-state index is 14.3. The van der Waals surface area contributed by atoms with Gasteiger partial charge in [-0.05, 0) is 114 Å². The Hall–Kier alpha value is -3.97. The Labute approximate surface area is 375 Å². The molecule has 0 aromatic heterocycles. The predicted octanol–water partition coefficient (Wildman–Crippen LogP) is 6.24. The van der Waals surface area contributed by atoms with Gasteiger partial charge in [0.15, 0.2) is 6.29 Å². The van der Waals surface area contributed by atoms with Crippen LogP contribution in [0.4, 0.5) is 13.2 Å². The van der Waals surface area contributed by atoms with Crippen molar-refractivity contribution in [3.8, 4) is 5.75 Å². The zero-order valence-corrected chi connectivity index (χ0v) is 39.0. The number of aliphatic hydroxyl groups is 3. The summed E-state index contributed by atoms with van der Waals surface area (Å²) in [6, 6.07) is 10.9. The molecule has 0 saturated carbocycles. The lowest BCUT2D eigenvalue weighted by Crippen LogP contribution is -2.60.